The van der Waals surface area contributed by atoms with E-state index in [4.69, 9.17) is 21.4 Å². The molecule has 0 radical (unpaired) electrons. The quantitative estimate of drug-likeness (QED) is 0.429. The monoisotopic (exact) mass is 437 g/mol. The van der Waals surface area contributed by atoms with Crippen LogP contribution >= 0.6 is 12.2 Å². The summed E-state index contributed by atoms with van der Waals surface area (Å²) in [6.07, 6.45) is 2.35. The molecule has 0 saturated carbocycles. The van der Waals surface area contributed by atoms with E-state index in [2.05, 4.69) is 10.3 Å². The van der Waals surface area contributed by atoms with Crippen molar-refractivity contribution in [1.82, 2.24) is 15.2 Å². The summed E-state index contributed by atoms with van der Waals surface area (Å²) < 4.78 is 11.0. The molecule has 1 saturated heterocycles. The Kier molecular flexibility index (Phi) is 6.29. The van der Waals surface area contributed by atoms with Crippen molar-refractivity contribution in [2.45, 2.75) is 18.5 Å². The van der Waals surface area contributed by atoms with Crippen molar-refractivity contribution in [1.29, 1.82) is 0 Å². The van der Waals surface area contributed by atoms with E-state index in [-0.39, 0.29) is 24.7 Å². The van der Waals surface area contributed by atoms with Gasteiger partial charge in [0.15, 0.2) is 5.11 Å². The summed E-state index contributed by atoms with van der Waals surface area (Å²) in [6, 6.07) is 16.3. The highest BCUT2D eigenvalue weighted by Crippen LogP contribution is 2.40. The zero-order valence-electron chi connectivity index (χ0n) is 17.0. The predicted molar refractivity (Wildman–Crippen MR) is 119 cm³/mol. The Hall–Kier alpha value is -3.23. The van der Waals surface area contributed by atoms with Crippen molar-refractivity contribution < 1.29 is 19.1 Å². The molecule has 8 heteroatoms. The van der Waals surface area contributed by atoms with E-state index in [1.54, 1.807) is 18.3 Å². The summed E-state index contributed by atoms with van der Waals surface area (Å²) >= 11 is 5.58. The summed E-state index contributed by atoms with van der Waals surface area (Å²) in [6.45, 7) is 0.677. The maximum Gasteiger partial charge on any atom is 0.337 e. The number of hydrogen-bond acceptors (Lipinski definition) is 6. The van der Waals surface area contributed by atoms with E-state index < -0.39 is 0 Å². The highest BCUT2D eigenvalue weighted by atomic mass is 32.1. The summed E-state index contributed by atoms with van der Waals surface area (Å²) in [5, 5.41) is 13.3. The molecule has 0 spiro atoms. The lowest BCUT2D eigenvalue weighted by Gasteiger charge is -2.25. The van der Waals surface area contributed by atoms with Gasteiger partial charge in [0.05, 0.1) is 24.4 Å². The van der Waals surface area contributed by atoms with E-state index in [1.807, 2.05) is 47.4 Å². The molecular weight excluding hydrogens is 414 g/mol. The van der Waals surface area contributed by atoms with E-state index in [0.29, 0.717) is 29.4 Å². The van der Waals surface area contributed by atoms with E-state index >= 15 is 0 Å². The molecule has 1 fully saturated rings. The molecule has 3 heterocycles. The van der Waals surface area contributed by atoms with Crippen LogP contribution in [0.2, 0.25) is 0 Å². The number of benzene rings is 1. The molecule has 3 aromatic rings. The second kappa shape index (κ2) is 9.28. The van der Waals surface area contributed by atoms with Crippen molar-refractivity contribution in [2.75, 3.05) is 20.3 Å². The third kappa shape index (κ3) is 4.30. The second-order valence-electron chi connectivity index (χ2n) is 7.17. The van der Waals surface area contributed by atoms with Crippen LogP contribution < -0.4 is 5.32 Å². The normalized spacial score (nSPS) is 18.1. The smallest absolute Gasteiger partial charge is 0.337 e. The van der Waals surface area contributed by atoms with Crippen molar-refractivity contribution in [3.63, 3.8) is 0 Å². The average molecular weight is 438 g/mol. The van der Waals surface area contributed by atoms with Crippen molar-refractivity contribution in [2.24, 2.45) is 0 Å². The summed E-state index contributed by atoms with van der Waals surface area (Å²) in [7, 11) is 1.36. The Labute approximate surface area is 185 Å². The van der Waals surface area contributed by atoms with E-state index in [9.17, 15) is 9.90 Å². The third-order valence-electron chi connectivity index (χ3n) is 5.26. The van der Waals surface area contributed by atoms with Crippen LogP contribution in [-0.4, -0.2) is 46.3 Å². The fraction of sp³-hybridized carbons (Fsp3) is 0.261. The van der Waals surface area contributed by atoms with Gasteiger partial charge >= 0.3 is 5.97 Å². The fourth-order valence-electron chi connectivity index (χ4n) is 3.75. The zero-order valence-corrected chi connectivity index (χ0v) is 17.8. The molecule has 31 heavy (non-hydrogen) atoms. The number of nitrogens with one attached hydrogen (secondary N) is 1. The number of ether oxygens (including phenoxy) is 1. The van der Waals surface area contributed by atoms with Gasteiger partial charge in [0.2, 0.25) is 0 Å². The first-order valence-corrected chi connectivity index (χ1v) is 10.4. The lowest BCUT2D eigenvalue weighted by atomic mass is 10.0. The van der Waals surface area contributed by atoms with Crippen LogP contribution in [0.1, 0.15) is 40.3 Å². The van der Waals surface area contributed by atoms with Crippen LogP contribution in [0.15, 0.2) is 65.2 Å². The molecule has 0 unspecified atom stereocenters. The minimum absolute atomic E-state index is 0.0794. The van der Waals surface area contributed by atoms with E-state index in [0.717, 1.165) is 17.0 Å². The summed E-state index contributed by atoms with van der Waals surface area (Å²) in [4.78, 5) is 18.2. The number of rotatable bonds is 7. The molecule has 4 rings (SSSR count). The lowest BCUT2D eigenvalue weighted by Crippen LogP contribution is -2.30. The molecule has 160 valence electrons. The molecule has 2 N–H and O–H groups in total. The van der Waals surface area contributed by atoms with Gasteiger partial charge in [-0.25, -0.2) is 4.79 Å². The van der Waals surface area contributed by atoms with Gasteiger partial charge in [-0.05, 0) is 55.0 Å². The zero-order chi connectivity index (χ0) is 21.8. The second-order valence-corrected chi connectivity index (χ2v) is 7.55. The molecular formula is C23H23N3O4S. The van der Waals surface area contributed by atoms with Gasteiger partial charge < -0.3 is 24.5 Å². The standard InChI is InChI=1S/C23H23N3O4S/c1-29-22(28)16-8-6-15(7-9-16)18-10-11-19(30-18)21-20(17-5-2-3-12-24-17)25-23(31)26(21)13-4-14-27/h2-3,5-12,20-21,27H,4,13-14H2,1H3,(H,25,31)/t20-,21-/m1/s1. The Bertz CT molecular complexity index is 1050. The molecule has 1 aromatic carbocycles. The van der Waals surface area contributed by atoms with Crippen LogP contribution in [0.3, 0.4) is 0 Å². The molecule has 1 aliphatic heterocycles. The Morgan fingerprint density at radius 3 is 2.71 bits per heavy atom. The van der Waals surface area contributed by atoms with Crippen LogP contribution in [0.5, 0.6) is 0 Å². The van der Waals surface area contributed by atoms with Crippen LogP contribution in [0.25, 0.3) is 11.3 Å². The lowest BCUT2D eigenvalue weighted by molar-refractivity contribution is 0.0600. The molecule has 0 amide bonds. The number of pyridine rings is 1. The maximum absolute atomic E-state index is 11.7. The summed E-state index contributed by atoms with van der Waals surface area (Å²) in [5.74, 6) is 1.05. The Balaban J connectivity index is 1.65. The largest absolute Gasteiger partial charge is 0.465 e. The third-order valence-corrected chi connectivity index (χ3v) is 5.62. The van der Waals surface area contributed by atoms with Crippen LogP contribution in [0, 0.1) is 0 Å². The molecule has 1 aliphatic rings. The first kappa shape index (κ1) is 21.0. The predicted octanol–water partition coefficient (Wildman–Crippen LogP) is 3.48. The van der Waals surface area contributed by atoms with Gasteiger partial charge in [-0.3, -0.25) is 4.98 Å². The highest BCUT2D eigenvalue weighted by Gasteiger charge is 2.41. The minimum atomic E-state index is -0.380. The molecule has 0 aliphatic carbocycles. The number of nitrogens with zero attached hydrogens (tertiary/aromatic N) is 2. The Morgan fingerprint density at radius 1 is 1.23 bits per heavy atom. The SMILES string of the molecule is COC(=O)c1ccc(-c2ccc([C@@H]3[C@@H](c4ccccn4)NC(=S)N3CCCO)o2)cc1. The molecule has 2 aromatic heterocycles. The number of thiocarbonyl (C=S) groups is 1. The number of carbonyl (C=O) groups excluding carboxylic acids is 1. The van der Waals surface area contributed by atoms with Gasteiger partial charge in [-0.1, -0.05) is 18.2 Å². The van der Waals surface area contributed by atoms with Crippen molar-refractivity contribution in [3.05, 3.63) is 77.8 Å². The summed E-state index contributed by atoms with van der Waals surface area (Å²) in [5.41, 5.74) is 2.19. The molecule has 0 bridgehead atoms. The van der Waals surface area contributed by atoms with Crippen LogP contribution in [0.4, 0.5) is 0 Å². The number of aromatic nitrogens is 1. The molecule has 2 atom stereocenters. The van der Waals surface area contributed by atoms with Gasteiger partial charge in [0.1, 0.15) is 17.6 Å². The number of furan rings is 1. The number of aliphatic hydroxyl groups is 1. The number of carbonyl (C=O) groups is 1. The van der Waals surface area contributed by atoms with E-state index in [1.165, 1.54) is 7.11 Å². The van der Waals surface area contributed by atoms with Crippen molar-refractivity contribution >= 4 is 23.3 Å². The van der Waals surface area contributed by atoms with Gasteiger partial charge in [-0.2, -0.15) is 0 Å². The fourth-order valence-corrected chi connectivity index (χ4v) is 4.08. The Morgan fingerprint density at radius 2 is 2.03 bits per heavy atom. The number of aliphatic hydroxyl groups excluding tert-OH is 1. The topological polar surface area (TPSA) is 87.8 Å². The first-order chi connectivity index (χ1) is 15.1. The maximum atomic E-state index is 11.7. The van der Waals surface area contributed by atoms with Gasteiger partial charge in [0.25, 0.3) is 0 Å². The number of methoxy groups -OCH3 is 1. The van der Waals surface area contributed by atoms with Crippen molar-refractivity contribution in [3.8, 4) is 11.3 Å². The number of esters is 1. The van der Waals surface area contributed by atoms with Gasteiger partial charge in [0, 0.05) is 24.9 Å². The first-order valence-electron chi connectivity index (χ1n) is 10.00. The van der Waals surface area contributed by atoms with Crippen LogP contribution in [-0.2, 0) is 4.74 Å². The van der Waals surface area contributed by atoms with Gasteiger partial charge in [-0.15, -0.1) is 0 Å². The highest BCUT2D eigenvalue weighted by molar-refractivity contribution is 7.80. The molecule has 7 nitrogen and oxygen atoms in total. The number of hydrogen-bond donors (Lipinski definition) is 2. The average Bonchev–Trinajstić information content (AvgIpc) is 3.42. The minimum Gasteiger partial charge on any atom is -0.465 e.